The first-order valence-corrected chi connectivity index (χ1v) is 6.59. The van der Waals surface area contributed by atoms with Crippen LogP contribution < -0.4 is 0 Å². The van der Waals surface area contributed by atoms with Crippen molar-refractivity contribution in [1.29, 1.82) is 0 Å². The third kappa shape index (κ3) is 3.40. The van der Waals surface area contributed by atoms with Crippen molar-refractivity contribution in [3.63, 3.8) is 0 Å². The maximum absolute atomic E-state index is 11.6. The number of thioether (sulfide) groups is 1. The molecule has 16 heavy (non-hydrogen) atoms. The molecule has 92 valence electrons. The molecule has 1 N–H and O–H groups in total. The first kappa shape index (κ1) is 13.4. The van der Waals surface area contributed by atoms with Crippen LogP contribution in [0.15, 0.2) is 0 Å². The van der Waals surface area contributed by atoms with Gasteiger partial charge in [0, 0.05) is 19.0 Å². The smallest absolute Gasteiger partial charge is 0.306 e. The van der Waals surface area contributed by atoms with E-state index in [0.717, 1.165) is 0 Å². The Bertz CT molecular complexity index is 274. The van der Waals surface area contributed by atoms with Crippen molar-refractivity contribution in [3.05, 3.63) is 0 Å². The molecule has 0 bridgehead atoms. The highest BCUT2D eigenvalue weighted by Gasteiger charge is 2.36. The Morgan fingerprint density at radius 2 is 1.94 bits per heavy atom. The number of likely N-dealkylation sites (tertiary alicyclic amines) is 1. The van der Waals surface area contributed by atoms with Crippen molar-refractivity contribution in [2.75, 3.05) is 18.8 Å². The quantitative estimate of drug-likeness (QED) is 0.793. The number of nitrogens with zero attached hydrogens (tertiary/aromatic N) is 1. The topological polar surface area (TPSA) is 57.6 Å². The van der Waals surface area contributed by atoms with Crippen LogP contribution in [0.2, 0.25) is 0 Å². The number of hydrogen-bond donors (Lipinski definition) is 1. The molecule has 0 aliphatic carbocycles. The van der Waals surface area contributed by atoms with Crippen molar-refractivity contribution in [3.8, 4) is 0 Å². The molecule has 0 saturated carbocycles. The van der Waals surface area contributed by atoms with E-state index in [2.05, 4.69) is 13.8 Å². The molecule has 1 aliphatic rings. The Morgan fingerprint density at radius 3 is 2.38 bits per heavy atom. The van der Waals surface area contributed by atoms with Crippen molar-refractivity contribution in [2.24, 2.45) is 11.8 Å². The summed E-state index contributed by atoms with van der Waals surface area (Å²) < 4.78 is 0. The first-order valence-electron chi connectivity index (χ1n) is 5.54. The second-order valence-electron chi connectivity index (χ2n) is 4.55. The molecule has 4 nitrogen and oxygen atoms in total. The number of carboxylic acids is 1. The molecule has 0 aromatic carbocycles. The van der Waals surface area contributed by atoms with Gasteiger partial charge in [0.25, 0.3) is 0 Å². The van der Waals surface area contributed by atoms with Crippen LogP contribution in [-0.2, 0) is 9.59 Å². The van der Waals surface area contributed by atoms with E-state index in [1.165, 1.54) is 0 Å². The van der Waals surface area contributed by atoms with Gasteiger partial charge in [0.2, 0.25) is 5.91 Å². The molecule has 1 saturated heterocycles. The molecule has 0 spiro atoms. The molecule has 0 radical (unpaired) electrons. The summed E-state index contributed by atoms with van der Waals surface area (Å²) >= 11 is 1.63. The highest BCUT2D eigenvalue weighted by atomic mass is 32.2. The van der Waals surface area contributed by atoms with Gasteiger partial charge in [-0.3, -0.25) is 9.59 Å². The highest BCUT2D eigenvalue weighted by Crippen LogP contribution is 2.25. The van der Waals surface area contributed by atoms with Crippen molar-refractivity contribution >= 4 is 23.6 Å². The summed E-state index contributed by atoms with van der Waals surface area (Å²) in [5.74, 6) is -0.347. The number of rotatable bonds is 5. The van der Waals surface area contributed by atoms with Crippen LogP contribution in [0.3, 0.4) is 0 Å². The molecule has 1 heterocycles. The normalized spacial score (nSPS) is 18.4. The van der Waals surface area contributed by atoms with E-state index in [-0.39, 0.29) is 17.7 Å². The summed E-state index contributed by atoms with van der Waals surface area (Å²) in [6.45, 7) is 7.03. The van der Waals surface area contributed by atoms with Gasteiger partial charge in [-0.2, -0.15) is 0 Å². The average Bonchev–Trinajstić information content (AvgIpc) is 2.11. The fourth-order valence-corrected chi connectivity index (χ4v) is 2.22. The molecule has 1 amide bonds. The Labute approximate surface area is 100 Å². The van der Waals surface area contributed by atoms with Gasteiger partial charge in [-0.25, -0.2) is 0 Å². The number of carbonyl (C=O) groups is 2. The van der Waals surface area contributed by atoms with Gasteiger partial charge < -0.3 is 10.0 Å². The van der Waals surface area contributed by atoms with Crippen LogP contribution in [0.1, 0.15) is 20.8 Å². The molecular weight excluding hydrogens is 226 g/mol. The molecule has 0 aromatic heterocycles. The lowest BCUT2D eigenvalue weighted by molar-refractivity contribution is -0.149. The van der Waals surface area contributed by atoms with Crippen LogP contribution >= 0.6 is 11.8 Å². The Kier molecular flexibility index (Phi) is 4.65. The molecular formula is C11H19NO3S. The molecule has 1 unspecified atom stereocenters. The van der Waals surface area contributed by atoms with Gasteiger partial charge in [-0.1, -0.05) is 20.8 Å². The second kappa shape index (κ2) is 5.57. The van der Waals surface area contributed by atoms with Gasteiger partial charge in [0.05, 0.1) is 11.7 Å². The third-order valence-electron chi connectivity index (χ3n) is 2.90. The van der Waals surface area contributed by atoms with Gasteiger partial charge in [-0.05, 0) is 5.25 Å². The minimum Gasteiger partial charge on any atom is -0.481 e. The lowest BCUT2D eigenvalue weighted by Crippen LogP contribution is -2.54. The number of carboxylic acid groups (broad SMARTS) is 1. The standard InChI is InChI=1S/C11H19NO3S/c1-7(2)16-6-10(13)12-4-9(5-12)8(3)11(14)15/h7-9H,4-6H2,1-3H3,(H,14,15). The van der Waals surface area contributed by atoms with Gasteiger partial charge in [0.1, 0.15) is 0 Å². The van der Waals surface area contributed by atoms with Crippen LogP contribution in [0, 0.1) is 11.8 Å². The van der Waals surface area contributed by atoms with E-state index in [9.17, 15) is 9.59 Å². The summed E-state index contributed by atoms with van der Waals surface area (Å²) in [5.41, 5.74) is 0. The Morgan fingerprint density at radius 1 is 1.38 bits per heavy atom. The summed E-state index contributed by atoms with van der Waals surface area (Å²) in [4.78, 5) is 24.1. The molecule has 1 aliphatic heterocycles. The monoisotopic (exact) mass is 245 g/mol. The fourth-order valence-electron chi connectivity index (χ4n) is 1.56. The molecule has 0 aromatic rings. The van der Waals surface area contributed by atoms with Gasteiger partial charge >= 0.3 is 5.97 Å². The summed E-state index contributed by atoms with van der Waals surface area (Å²) in [6.07, 6.45) is 0. The largest absolute Gasteiger partial charge is 0.481 e. The highest BCUT2D eigenvalue weighted by molar-refractivity contribution is 8.00. The number of hydrogen-bond acceptors (Lipinski definition) is 3. The zero-order valence-corrected chi connectivity index (χ0v) is 10.8. The fraction of sp³-hybridized carbons (Fsp3) is 0.818. The Hall–Kier alpha value is -0.710. The van der Waals surface area contributed by atoms with Crippen molar-refractivity contribution < 1.29 is 14.7 Å². The zero-order valence-electron chi connectivity index (χ0n) is 9.97. The van der Waals surface area contributed by atoms with Crippen molar-refractivity contribution in [1.82, 2.24) is 4.90 Å². The predicted octanol–water partition coefficient (Wildman–Crippen LogP) is 1.31. The lowest BCUT2D eigenvalue weighted by Gasteiger charge is -2.41. The maximum Gasteiger partial charge on any atom is 0.306 e. The third-order valence-corrected chi connectivity index (χ3v) is 3.98. The Balaban J connectivity index is 2.25. The minimum atomic E-state index is -0.770. The van der Waals surface area contributed by atoms with Crippen LogP contribution in [0.5, 0.6) is 0 Å². The summed E-state index contributed by atoms with van der Waals surface area (Å²) in [6, 6.07) is 0. The molecule has 1 rings (SSSR count). The van der Waals surface area contributed by atoms with Crippen LogP contribution in [-0.4, -0.2) is 46.0 Å². The average molecular weight is 245 g/mol. The van der Waals surface area contributed by atoms with E-state index >= 15 is 0 Å². The molecule has 5 heteroatoms. The van der Waals surface area contributed by atoms with E-state index in [0.29, 0.717) is 24.1 Å². The zero-order chi connectivity index (χ0) is 12.3. The summed E-state index contributed by atoms with van der Waals surface area (Å²) in [7, 11) is 0. The van der Waals surface area contributed by atoms with Crippen LogP contribution in [0.4, 0.5) is 0 Å². The minimum absolute atomic E-state index is 0.130. The maximum atomic E-state index is 11.6. The van der Waals surface area contributed by atoms with E-state index < -0.39 is 5.97 Å². The van der Waals surface area contributed by atoms with E-state index in [4.69, 9.17) is 5.11 Å². The van der Waals surface area contributed by atoms with Gasteiger partial charge in [-0.15, -0.1) is 11.8 Å². The number of amides is 1. The SMILES string of the molecule is CC(C)SCC(=O)N1CC(C(C)C(=O)O)C1. The first-order chi connectivity index (χ1) is 7.41. The summed E-state index contributed by atoms with van der Waals surface area (Å²) in [5, 5.41) is 9.27. The van der Waals surface area contributed by atoms with E-state index in [1.54, 1.807) is 23.6 Å². The second-order valence-corrected chi connectivity index (χ2v) is 6.11. The molecule has 1 atom stereocenters. The molecule has 1 fully saturated rings. The van der Waals surface area contributed by atoms with E-state index in [1.807, 2.05) is 0 Å². The van der Waals surface area contributed by atoms with Crippen molar-refractivity contribution in [2.45, 2.75) is 26.0 Å². The predicted molar refractivity (Wildman–Crippen MR) is 64.5 cm³/mol. The van der Waals surface area contributed by atoms with Gasteiger partial charge in [0.15, 0.2) is 0 Å². The van der Waals surface area contributed by atoms with Crippen LogP contribution in [0.25, 0.3) is 0 Å². The number of carbonyl (C=O) groups excluding carboxylic acids is 1. The lowest BCUT2D eigenvalue weighted by atomic mass is 9.87. The number of aliphatic carboxylic acids is 1.